The maximum absolute atomic E-state index is 11.6. The van der Waals surface area contributed by atoms with Gasteiger partial charge >= 0.3 is 5.97 Å². The van der Waals surface area contributed by atoms with E-state index in [2.05, 4.69) is 0 Å². The Balaban J connectivity index is 2.66. The Kier molecular flexibility index (Phi) is 4.13. The van der Waals surface area contributed by atoms with Crippen molar-refractivity contribution in [2.45, 2.75) is 6.92 Å². The van der Waals surface area contributed by atoms with Gasteiger partial charge in [0.1, 0.15) is 0 Å². The van der Waals surface area contributed by atoms with Crippen LogP contribution in [0.1, 0.15) is 17.3 Å². The first-order valence-corrected chi connectivity index (χ1v) is 4.97. The van der Waals surface area contributed by atoms with Crippen LogP contribution < -0.4 is 11.5 Å². The molecule has 5 heteroatoms. The van der Waals surface area contributed by atoms with Crippen molar-refractivity contribution >= 4 is 17.3 Å². The Morgan fingerprint density at radius 2 is 2.19 bits per heavy atom. The monoisotopic (exact) mass is 224 g/mol. The number of aliphatic hydroxyl groups is 1. The van der Waals surface area contributed by atoms with E-state index in [1.807, 2.05) is 0 Å². The smallest absolute Gasteiger partial charge is 0.340 e. The first kappa shape index (κ1) is 12.3. The van der Waals surface area contributed by atoms with E-state index in [9.17, 15) is 4.79 Å². The van der Waals surface area contributed by atoms with Gasteiger partial charge in [-0.1, -0.05) is 6.92 Å². The number of hydrogen-bond acceptors (Lipinski definition) is 5. The number of aliphatic hydroxyl groups excluding tert-OH is 1. The number of ether oxygens (including phenoxy) is 1. The fraction of sp³-hybridized carbons (Fsp3) is 0.364. The van der Waals surface area contributed by atoms with Crippen molar-refractivity contribution in [3.05, 3.63) is 23.8 Å². The Morgan fingerprint density at radius 3 is 2.75 bits per heavy atom. The minimum atomic E-state index is -0.502. The summed E-state index contributed by atoms with van der Waals surface area (Å²) >= 11 is 0. The van der Waals surface area contributed by atoms with Crippen molar-refractivity contribution in [2.24, 2.45) is 5.92 Å². The molecule has 5 N–H and O–H groups in total. The number of benzene rings is 1. The highest BCUT2D eigenvalue weighted by molar-refractivity contribution is 5.95. The van der Waals surface area contributed by atoms with E-state index in [0.717, 1.165) is 0 Å². The highest BCUT2D eigenvalue weighted by Gasteiger charge is 2.12. The molecule has 0 aliphatic carbocycles. The number of anilines is 2. The highest BCUT2D eigenvalue weighted by Crippen LogP contribution is 2.16. The lowest BCUT2D eigenvalue weighted by Crippen LogP contribution is -2.15. The maximum Gasteiger partial charge on any atom is 0.340 e. The van der Waals surface area contributed by atoms with Gasteiger partial charge < -0.3 is 21.3 Å². The van der Waals surface area contributed by atoms with Gasteiger partial charge in [0.2, 0.25) is 0 Å². The van der Waals surface area contributed by atoms with Crippen LogP contribution in [0.2, 0.25) is 0 Å². The quantitative estimate of drug-likeness (QED) is 0.515. The second-order valence-electron chi connectivity index (χ2n) is 3.73. The first-order chi connectivity index (χ1) is 7.54. The predicted octanol–water partition coefficient (Wildman–Crippen LogP) is 0.636. The fourth-order valence-corrected chi connectivity index (χ4v) is 1.12. The highest BCUT2D eigenvalue weighted by atomic mass is 16.5. The molecule has 0 heterocycles. The Morgan fingerprint density at radius 1 is 1.50 bits per heavy atom. The second kappa shape index (κ2) is 5.37. The summed E-state index contributed by atoms with van der Waals surface area (Å²) in [6.07, 6.45) is 0. The molecule has 0 aliphatic heterocycles. The lowest BCUT2D eigenvalue weighted by molar-refractivity contribution is 0.0406. The largest absolute Gasteiger partial charge is 0.462 e. The van der Waals surface area contributed by atoms with E-state index in [4.69, 9.17) is 21.3 Å². The molecule has 0 saturated heterocycles. The van der Waals surface area contributed by atoms with Gasteiger partial charge in [-0.05, 0) is 18.2 Å². The molecule has 0 aromatic heterocycles. The van der Waals surface area contributed by atoms with Gasteiger partial charge in [0.25, 0.3) is 0 Å². The Bertz CT molecular complexity index is 379. The molecule has 0 spiro atoms. The van der Waals surface area contributed by atoms with Crippen LogP contribution in [0, 0.1) is 5.92 Å². The van der Waals surface area contributed by atoms with Gasteiger partial charge in [-0.2, -0.15) is 0 Å². The van der Waals surface area contributed by atoms with E-state index < -0.39 is 5.97 Å². The maximum atomic E-state index is 11.6. The van der Waals surface area contributed by atoms with E-state index in [1.54, 1.807) is 13.0 Å². The van der Waals surface area contributed by atoms with E-state index >= 15 is 0 Å². The SMILES string of the molecule is CC(CO)COC(=O)c1ccc(N)cc1N. The van der Waals surface area contributed by atoms with Gasteiger partial charge in [0.15, 0.2) is 0 Å². The van der Waals surface area contributed by atoms with Crippen molar-refractivity contribution < 1.29 is 14.6 Å². The molecule has 1 rings (SSSR count). The zero-order chi connectivity index (χ0) is 12.1. The lowest BCUT2D eigenvalue weighted by Gasteiger charge is -2.10. The topological polar surface area (TPSA) is 98.6 Å². The van der Waals surface area contributed by atoms with Crippen LogP contribution in [0.3, 0.4) is 0 Å². The summed E-state index contributed by atoms with van der Waals surface area (Å²) in [5.41, 5.74) is 12.2. The summed E-state index contributed by atoms with van der Waals surface area (Å²) in [4.78, 5) is 11.6. The minimum Gasteiger partial charge on any atom is -0.462 e. The molecular weight excluding hydrogens is 208 g/mol. The summed E-state index contributed by atoms with van der Waals surface area (Å²) < 4.78 is 4.98. The second-order valence-corrected chi connectivity index (χ2v) is 3.73. The minimum absolute atomic E-state index is 0.0233. The van der Waals surface area contributed by atoms with Gasteiger partial charge in [-0.15, -0.1) is 0 Å². The summed E-state index contributed by atoms with van der Waals surface area (Å²) in [6, 6.07) is 4.62. The molecular formula is C11H16N2O3. The van der Waals surface area contributed by atoms with E-state index in [-0.39, 0.29) is 19.1 Å². The van der Waals surface area contributed by atoms with Crippen molar-refractivity contribution in [3.63, 3.8) is 0 Å². The molecule has 5 nitrogen and oxygen atoms in total. The summed E-state index contributed by atoms with van der Waals surface area (Å²) in [5, 5.41) is 8.78. The molecule has 0 aliphatic rings. The first-order valence-electron chi connectivity index (χ1n) is 4.97. The molecule has 1 atom stereocenters. The molecule has 0 fully saturated rings. The predicted molar refractivity (Wildman–Crippen MR) is 61.8 cm³/mol. The summed E-state index contributed by atoms with van der Waals surface area (Å²) in [5.74, 6) is -0.586. The van der Waals surface area contributed by atoms with Crippen LogP contribution in [-0.4, -0.2) is 24.3 Å². The summed E-state index contributed by atoms with van der Waals surface area (Å²) in [7, 11) is 0. The average Bonchev–Trinajstić information content (AvgIpc) is 2.25. The molecule has 1 unspecified atom stereocenters. The normalized spacial score (nSPS) is 12.1. The zero-order valence-electron chi connectivity index (χ0n) is 9.14. The molecule has 1 aromatic carbocycles. The zero-order valence-corrected chi connectivity index (χ0v) is 9.14. The van der Waals surface area contributed by atoms with Crippen molar-refractivity contribution in [2.75, 3.05) is 24.7 Å². The number of rotatable bonds is 4. The third-order valence-electron chi connectivity index (χ3n) is 2.11. The standard InChI is InChI=1S/C11H16N2O3/c1-7(5-14)6-16-11(15)9-3-2-8(12)4-10(9)13/h2-4,7,14H,5-6,12-13H2,1H3. The van der Waals surface area contributed by atoms with Gasteiger partial charge in [-0.25, -0.2) is 4.79 Å². The molecule has 0 radical (unpaired) electrons. The average molecular weight is 224 g/mol. The molecule has 0 bridgehead atoms. The lowest BCUT2D eigenvalue weighted by atomic mass is 10.1. The Labute approximate surface area is 94.0 Å². The van der Waals surface area contributed by atoms with Gasteiger partial charge in [-0.3, -0.25) is 0 Å². The van der Waals surface area contributed by atoms with Crippen LogP contribution in [0.15, 0.2) is 18.2 Å². The van der Waals surface area contributed by atoms with Crippen molar-refractivity contribution in [1.29, 1.82) is 0 Å². The molecule has 88 valence electrons. The van der Waals surface area contributed by atoms with Crippen LogP contribution in [-0.2, 0) is 4.74 Å². The van der Waals surface area contributed by atoms with Crippen LogP contribution in [0.25, 0.3) is 0 Å². The number of hydrogen-bond donors (Lipinski definition) is 3. The van der Waals surface area contributed by atoms with Gasteiger partial charge in [0.05, 0.1) is 12.2 Å². The molecule has 0 saturated carbocycles. The number of nitrogens with two attached hydrogens (primary N) is 2. The third-order valence-corrected chi connectivity index (χ3v) is 2.11. The van der Waals surface area contributed by atoms with Crippen molar-refractivity contribution in [3.8, 4) is 0 Å². The number of esters is 1. The third kappa shape index (κ3) is 3.13. The molecule has 16 heavy (non-hydrogen) atoms. The van der Waals surface area contributed by atoms with Crippen molar-refractivity contribution in [1.82, 2.24) is 0 Å². The molecule has 1 aromatic rings. The van der Waals surface area contributed by atoms with E-state index in [0.29, 0.717) is 16.9 Å². The number of carbonyl (C=O) groups excluding carboxylic acids is 1. The van der Waals surface area contributed by atoms with Crippen LogP contribution in [0.5, 0.6) is 0 Å². The fourth-order valence-electron chi connectivity index (χ4n) is 1.12. The van der Waals surface area contributed by atoms with E-state index in [1.165, 1.54) is 12.1 Å². The van der Waals surface area contributed by atoms with Gasteiger partial charge in [0, 0.05) is 23.9 Å². The number of nitrogen functional groups attached to an aromatic ring is 2. The Hall–Kier alpha value is -1.75. The molecule has 0 amide bonds. The van der Waals surface area contributed by atoms with Crippen LogP contribution >= 0.6 is 0 Å². The summed E-state index contributed by atoms with van der Waals surface area (Å²) in [6.45, 7) is 1.92. The number of carbonyl (C=O) groups is 1. The van der Waals surface area contributed by atoms with Crippen LogP contribution in [0.4, 0.5) is 11.4 Å².